The van der Waals surface area contributed by atoms with Crippen LogP contribution in [0.15, 0.2) is 49.3 Å². The molecule has 5 aromatic rings. The first-order valence-electron chi connectivity index (χ1n) is 16.6. The Labute approximate surface area is 272 Å². The second kappa shape index (κ2) is 12.4. The van der Waals surface area contributed by atoms with Crippen LogP contribution in [0.25, 0.3) is 5.65 Å². The van der Waals surface area contributed by atoms with Crippen LogP contribution in [0.4, 0.5) is 17.3 Å². The third kappa shape index (κ3) is 5.83. The lowest BCUT2D eigenvalue weighted by Gasteiger charge is -2.41. The van der Waals surface area contributed by atoms with Crippen molar-refractivity contribution < 1.29 is 4.74 Å². The van der Waals surface area contributed by atoms with E-state index in [-0.39, 0.29) is 5.54 Å². The number of aryl methyl sites for hydroxylation is 1. The molecule has 0 amide bonds. The van der Waals surface area contributed by atoms with Gasteiger partial charge in [0.15, 0.2) is 5.65 Å². The molecule has 15 heteroatoms. The van der Waals surface area contributed by atoms with Gasteiger partial charge in [-0.15, -0.1) is 10.2 Å². The van der Waals surface area contributed by atoms with Crippen molar-refractivity contribution in [2.24, 2.45) is 0 Å². The maximum absolute atomic E-state index is 9.66. The zero-order valence-electron chi connectivity index (χ0n) is 26.7. The van der Waals surface area contributed by atoms with E-state index in [0.29, 0.717) is 31.0 Å². The summed E-state index contributed by atoms with van der Waals surface area (Å²) in [6.07, 6.45) is 16.9. The topological polar surface area (TPSA) is 148 Å². The Morgan fingerprint density at radius 3 is 2.64 bits per heavy atom. The van der Waals surface area contributed by atoms with Crippen LogP contribution in [0.1, 0.15) is 56.3 Å². The smallest absolute Gasteiger partial charge is 0.247 e. The van der Waals surface area contributed by atoms with Crippen LogP contribution in [-0.2, 0) is 23.2 Å². The van der Waals surface area contributed by atoms with E-state index in [4.69, 9.17) is 14.8 Å². The van der Waals surface area contributed by atoms with Gasteiger partial charge in [0, 0.05) is 44.8 Å². The number of pyridine rings is 1. The fraction of sp³-hybridized carbons (Fsp3) is 0.531. The number of nitriles is 1. The highest BCUT2D eigenvalue weighted by molar-refractivity contribution is 5.70. The van der Waals surface area contributed by atoms with Crippen LogP contribution < -0.4 is 10.2 Å². The lowest BCUT2D eigenvalue weighted by molar-refractivity contribution is -0.0734. The predicted molar refractivity (Wildman–Crippen MR) is 173 cm³/mol. The molecule has 1 N–H and O–H groups in total. The first kappa shape index (κ1) is 29.6. The minimum atomic E-state index is -0.290. The number of nitrogens with zero attached hydrogens (tertiary/aromatic N) is 13. The zero-order chi connectivity index (χ0) is 31.8. The van der Waals surface area contributed by atoms with Gasteiger partial charge in [-0.3, -0.25) is 14.3 Å². The molecule has 0 unspecified atom stereocenters. The highest BCUT2D eigenvalue weighted by atomic mass is 16.5. The van der Waals surface area contributed by atoms with Gasteiger partial charge in [0.2, 0.25) is 5.95 Å². The molecule has 3 aliphatic heterocycles. The Morgan fingerprint density at radius 2 is 1.89 bits per heavy atom. The molecule has 0 saturated carbocycles. The average molecular weight is 637 g/mol. The molecule has 0 aliphatic carbocycles. The van der Waals surface area contributed by atoms with Crippen LogP contribution in [0.2, 0.25) is 0 Å². The monoisotopic (exact) mass is 636 g/mol. The van der Waals surface area contributed by atoms with Crippen molar-refractivity contribution in [1.82, 2.24) is 54.1 Å². The van der Waals surface area contributed by atoms with E-state index < -0.39 is 0 Å². The predicted octanol–water partition coefficient (Wildman–Crippen LogP) is 3.01. The number of rotatable bonds is 10. The SMILES string of the molecule is CCc1cnn(C2(CC#N)CCN(c3cccn4nc(Nc5cnn(Cc6cn(C7CCN(C8COC8)CC7)nn6)c5)nc34)CC2)c1. The molecule has 0 bridgehead atoms. The molecule has 244 valence electrons. The van der Waals surface area contributed by atoms with Gasteiger partial charge < -0.3 is 15.0 Å². The van der Waals surface area contributed by atoms with Gasteiger partial charge >= 0.3 is 0 Å². The number of hydrogen-bond donors (Lipinski definition) is 1. The van der Waals surface area contributed by atoms with Crippen molar-refractivity contribution in [2.75, 3.05) is 49.6 Å². The summed E-state index contributed by atoms with van der Waals surface area (Å²) in [6, 6.07) is 7.48. The number of fused-ring (bicyclic) bond motifs is 1. The van der Waals surface area contributed by atoms with E-state index in [1.54, 1.807) is 6.20 Å². The Morgan fingerprint density at radius 1 is 1.04 bits per heavy atom. The third-order valence-electron chi connectivity index (χ3n) is 10.1. The van der Waals surface area contributed by atoms with Crippen LogP contribution in [0, 0.1) is 11.3 Å². The number of ether oxygens (including phenoxy) is 1. The second-order valence-electron chi connectivity index (χ2n) is 13.0. The van der Waals surface area contributed by atoms with Crippen molar-refractivity contribution in [1.29, 1.82) is 5.26 Å². The quantitative estimate of drug-likeness (QED) is 0.241. The molecule has 3 fully saturated rings. The van der Waals surface area contributed by atoms with E-state index in [1.807, 2.05) is 43.2 Å². The maximum Gasteiger partial charge on any atom is 0.247 e. The summed E-state index contributed by atoms with van der Waals surface area (Å²) in [4.78, 5) is 9.73. The number of anilines is 3. The van der Waals surface area contributed by atoms with Crippen LogP contribution in [0.5, 0.6) is 0 Å². The average Bonchev–Trinajstić information content (AvgIpc) is 3.89. The van der Waals surface area contributed by atoms with E-state index in [2.05, 4.69) is 67.1 Å². The van der Waals surface area contributed by atoms with Crippen molar-refractivity contribution in [3.63, 3.8) is 0 Å². The summed E-state index contributed by atoms with van der Waals surface area (Å²) in [5.41, 5.74) is 4.39. The van der Waals surface area contributed by atoms with Crippen LogP contribution >= 0.6 is 0 Å². The Hall–Kier alpha value is -4.81. The highest BCUT2D eigenvalue weighted by Gasteiger charge is 2.38. The molecule has 0 radical (unpaired) electrons. The fourth-order valence-electron chi connectivity index (χ4n) is 7.12. The zero-order valence-corrected chi connectivity index (χ0v) is 26.7. The van der Waals surface area contributed by atoms with Gasteiger partial charge in [-0.25, -0.2) is 9.20 Å². The van der Waals surface area contributed by atoms with Gasteiger partial charge in [-0.1, -0.05) is 12.1 Å². The fourth-order valence-corrected chi connectivity index (χ4v) is 7.12. The van der Waals surface area contributed by atoms with Crippen molar-refractivity contribution in [3.8, 4) is 6.07 Å². The van der Waals surface area contributed by atoms with E-state index in [0.717, 1.165) is 94.2 Å². The molecule has 8 heterocycles. The molecule has 3 saturated heterocycles. The molecule has 5 aromatic heterocycles. The van der Waals surface area contributed by atoms with Gasteiger partial charge in [0.1, 0.15) is 5.69 Å². The molecular formula is C32H40N14O. The summed E-state index contributed by atoms with van der Waals surface area (Å²) in [5.74, 6) is 0.502. The van der Waals surface area contributed by atoms with Crippen molar-refractivity contribution >= 4 is 23.0 Å². The van der Waals surface area contributed by atoms with Gasteiger partial charge in [0.05, 0.1) is 79.8 Å². The molecule has 0 atom stereocenters. The second-order valence-corrected chi connectivity index (χ2v) is 13.0. The minimum Gasteiger partial charge on any atom is -0.378 e. The highest BCUT2D eigenvalue weighted by Crippen LogP contribution is 2.36. The van der Waals surface area contributed by atoms with Gasteiger partial charge in [-0.05, 0) is 49.8 Å². The van der Waals surface area contributed by atoms with E-state index in [1.165, 1.54) is 5.56 Å². The van der Waals surface area contributed by atoms with E-state index in [9.17, 15) is 5.26 Å². The molecule has 0 aromatic carbocycles. The molecule has 3 aliphatic rings. The number of hydrogen-bond acceptors (Lipinski definition) is 11. The van der Waals surface area contributed by atoms with Crippen LogP contribution in [0.3, 0.4) is 0 Å². The van der Waals surface area contributed by atoms with E-state index >= 15 is 0 Å². The number of nitrogens with one attached hydrogen (secondary N) is 1. The number of likely N-dealkylation sites (tertiary alicyclic amines) is 1. The van der Waals surface area contributed by atoms with Crippen LogP contribution in [-0.4, -0.2) is 99.5 Å². The molecule has 8 rings (SSSR count). The molecule has 15 nitrogen and oxygen atoms in total. The maximum atomic E-state index is 9.66. The van der Waals surface area contributed by atoms with Crippen molar-refractivity contribution in [3.05, 3.63) is 60.6 Å². The molecule has 0 spiro atoms. The third-order valence-corrected chi connectivity index (χ3v) is 10.1. The largest absolute Gasteiger partial charge is 0.378 e. The first-order valence-corrected chi connectivity index (χ1v) is 16.6. The van der Waals surface area contributed by atoms with Gasteiger partial charge in [-0.2, -0.15) is 20.4 Å². The normalized spacial score (nSPS) is 19.2. The molecular weight excluding hydrogens is 596 g/mol. The summed E-state index contributed by atoms with van der Waals surface area (Å²) < 4.78 is 13.1. The Balaban J connectivity index is 0.904. The summed E-state index contributed by atoms with van der Waals surface area (Å²) in [6.45, 7) is 8.14. The molecule has 47 heavy (non-hydrogen) atoms. The number of piperidine rings is 2. The Bertz CT molecular complexity index is 1860. The first-order chi connectivity index (χ1) is 23.1. The number of aromatic nitrogens is 10. The lowest BCUT2D eigenvalue weighted by atomic mass is 9.84. The summed E-state index contributed by atoms with van der Waals surface area (Å²) in [7, 11) is 0. The van der Waals surface area contributed by atoms with Crippen molar-refractivity contribution in [2.45, 2.75) is 69.6 Å². The minimum absolute atomic E-state index is 0.290. The van der Waals surface area contributed by atoms with Gasteiger partial charge in [0.25, 0.3) is 0 Å². The lowest BCUT2D eigenvalue weighted by Crippen LogP contribution is -2.51. The summed E-state index contributed by atoms with van der Waals surface area (Å²) >= 11 is 0. The summed E-state index contributed by atoms with van der Waals surface area (Å²) in [5, 5.41) is 35.7. The standard InChI is InChI=1S/C32H40N14O/c1-2-24-16-35-46(18-24)32(7-10-33)8-14-42(15-9-32)29-4-3-11-44-30(29)37-31(39-44)36-25-17-34-43(19-25)20-26-21-45(40-38-26)27-5-12-41(13-6-27)28-22-47-23-28/h3-4,11,16-19,21,27-28H,2,5-9,12-15,20,22-23H2,1H3,(H,36,39). The Kier molecular flexibility index (Phi) is 7.82.